The lowest BCUT2D eigenvalue weighted by Gasteiger charge is -2.70. The highest BCUT2D eigenvalue weighted by molar-refractivity contribution is 7.99. The quantitative estimate of drug-likeness (QED) is 0.151. The number of carbonyl (C=O) groups excluding carboxylic acids is 1. The van der Waals surface area contributed by atoms with E-state index in [2.05, 4.69) is 65.4 Å². The summed E-state index contributed by atoms with van der Waals surface area (Å²) in [4.78, 5) is 33.3. The van der Waals surface area contributed by atoms with Crippen LogP contribution in [0.25, 0.3) is 11.3 Å². The van der Waals surface area contributed by atoms with Crippen molar-refractivity contribution in [3.05, 3.63) is 40.2 Å². The molecule has 7 rings (SSSR count). The summed E-state index contributed by atoms with van der Waals surface area (Å²) in [5.74, 6) is 0.854. The van der Waals surface area contributed by atoms with Crippen LogP contribution in [0.1, 0.15) is 125 Å². The van der Waals surface area contributed by atoms with Crippen molar-refractivity contribution in [3.8, 4) is 23.1 Å². The van der Waals surface area contributed by atoms with Crippen LogP contribution in [-0.4, -0.2) is 55.3 Å². The maximum atomic E-state index is 13.4. The second kappa shape index (κ2) is 13.1. The molecule has 2 heterocycles. The Labute approximate surface area is 319 Å². The number of nitrogens with one attached hydrogen (secondary N) is 1. The lowest BCUT2D eigenvalue weighted by Crippen LogP contribution is -2.67. The minimum Gasteiger partial charge on any atom is -0.508 e. The third-order valence-electron chi connectivity index (χ3n) is 15.8. The Morgan fingerprint density at radius 1 is 1.02 bits per heavy atom. The van der Waals surface area contributed by atoms with Crippen LogP contribution in [0.3, 0.4) is 0 Å². The Bertz CT molecular complexity index is 1870. The fourth-order valence-corrected chi connectivity index (χ4v) is 13.9. The van der Waals surface area contributed by atoms with Crippen molar-refractivity contribution in [1.29, 1.82) is 5.26 Å². The van der Waals surface area contributed by atoms with Gasteiger partial charge in [-0.15, -0.1) is 0 Å². The van der Waals surface area contributed by atoms with Gasteiger partial charge >= 0.3 is 5.97 Å². The third kappa shape index (κ3) is 6.16. The number of nitrogens with zero attached hydrogens (tertiary/aromatic N) is 2. The molecule has 1 aromatic carbocycles. The Morgan fingerprint density at radius 2 is 1.75 bits per heavy atom. The van der Waals surface area contributed by atoms with Crippen molar-refractivity contribution in [3.63, 3.8) is 0 Å². The monoisotopic (exact) mass is 745 g/mol. The number of phenolic OH excluding ortho intramolecular Hbond substituents is 1. The average molecular weight is 746 g/mol. The smallest absolute Gasteiger partial charge is 0.316 e. The van der Waals surface area contributed by atoms with Gasteiger partial charge in [0.2, 0.25) is 0 Å². The maximum absolute atomic E-state index is 13.4. The summed E-state index contributed by atoms with van der Waals surface area (Å²) in [5.41, 5.74) is -0.661. The maximum Gasteiger partial charge on any atom is 0.316 e. The first kappa shape index (κ1) is 38.4. The standard InChI is InChI=1S/C43H59N3O6S/c1-38(2)16-10-17-43(8,52-38)28-13-19-42(7)34(28)29(48)22-31-40(5)18-15-32(39(3,4)30(40)14-20-41(31,42)6)51-33(49)24-53-37-45-35(27(23-44)36(50)46-37)25-11-9-12-26(47)21-25/h9,11-12,21,28-32,34,47-48H,10,13-20,22,24H2,1-8H3,(H,45,46,50)/t28-,29-,30+,31+,32+,34+,40+,41-,42-,43-/m1/s1. The van der Waals surface area contributed by atoms with Crippen LogP contribution in [0.4, 0.5) is 0 Å². The summed E-state index contributed by atoms with van der Waals surface area (Å²) in [6.07, 6.45) is 9.63. The number of nitriles is 1. The number of H-pyrrole nitrogens is 1. The molecule has 5 aliphatic rings. The van der Waals surface area contributed by atoms with Gasteiger partial charge in [0.05, 0.1) is 28.8 Å². The van der Waals surface area contributed by atoms with Gasteiger partial charge in [0.25, 0.3) is 5.56 Å². The second-order valence-corrected chi connectivity index (χ2v) is 20.3. The molecular formula is C43H59N3O6S. The number of hydrogen-bond donors (Lipinski definition) is 3. The molecule has 53 heavy (non-hydrogen) atoms. The Morgan fingerprint density at radius 3 is 2.45 bits per heavy atom. The van der Waals surface area contributed by atoms with E-state index in [-0.39, 0.29) is 84.9 Å². The number of aromatic nitrogens is 2. The molecule has 1 aromatic heterocycles. The number of phenols is 1. The SMILES string of the molecule is CC1(C)CCC[C@](C)([C@@H]2CC[C@]3(C)[C@@H]2[C@H](O)C[C@H]2[C@@]4(C)CC[C@H](OC(=O)CSc5nc(-c6cccc(O)c6)c(C#N)c(=O)[nH]5)C(C)(C)[C@@H]4CC[C@]23C)O1. The molecule has 0 unspecified atom stereocenters. The zero-order valence-corrected chi connectivity index (χ0v) is 33.7. The van der Waals surface area contributed by atoms with Crippen LogP contribution in [0.5, 0.6) is 5.75 Å². The number of aliphatic hydroxyl groups excluding tert-OH is 1. The molecule has 288 valence electrons. The fourth-order valence-electron chi connectivity index (χ4n) is 13.3. The first-order valence-electron chi connectivity index (χ1n) is 19.8. The first-order valence-corrected chi connectivity index (χ1v) is 20.8. The van der Waals surface area contributed by atoms with Crippen molar-refractivity contribution in [2.45, 2.75) is 148 Å². The lowest BCUT2D eigenvalue weighted by molar-refractivity contribution is -0.258. The predicted molar refractivity (Wildman–Crippen MR) is 205 cm³/mol. The van der Waals surface area contributed by atoms with E-state index in [4.69, 9.17) is 9.47 Å². The van der Waals surface area contributed by atoms with E-state index in [1.165, 1.54) is 18.6 Å². The Kier molecular flexibility index (Phi) is 9.51. The van der Waals surface area contributed by atoms with Crippen molar-refractivity contribution in [2.24, 2.45) is 45.3 Å². The highest BCUT2D eigenvalue weighted by Gasteiger charge is 2.72. The molecule has 0 radical (unpaired) electrons. The van der Waals surface area contributed by atoms with E-state index in [0.717, 1.165) is 69.5 Å². The normalized spacial score (nSPS) is 39.9. The summed E-state index contributed by atoms with van der Waals surface area (Å²) in [7, 11) is 0. The van der Waals surface area contributed by atoms with E-state index in [9.17, 15) is 25.1 Å². The lowest BCUT2D eigenvalue weighted by atomic mass is 9.35. The fraction of sp³-hybridized carbons (Fsp3) is 0.721. The summed E-state index contributed by atoms with van der Waals surface area (Å²) >= 11 is 1.07. The molecule has 10 heteroatoms. The third-order valence-corrected chi connectivity index (χ3v) is 16.6. The van der Waals surface area contributed by atoms with Crippen LogP contribution in [0, 0.1) is 56.7 Å². The van der Waals surface area contributed by atoms with Gasteiger partial charge in [0.15, 0.2) is 5.16 Å². The van der Waals surface area contributed by atoms with Gasteiger partial charge in [-0.3, -0.25) is 9.59 Å². The number of rotatable bonds is 6. The molecule has 9 nitrogen and oxygen atoms in total. The van der Waals surface area contributed by atoms with Crippen LogP contribution < -0.4 is 5.56 Å². The zero-order chi connectivity index (χ0) is 38.4. The number of aliphatic hydroxyl groups is 1. The summed E-state index contributed by atoms with van der Waals surface area (Å²) in [5, 5.41) is 32.1. The van der Waals surface area contributed by atoms with Crippen molar-refractivity contribution >= 4 is 17.7 Å². The topological polar surface area (TPSA) is 146 Å². The molecular weight excluding hydrogens is 687 g/mol. The first-order chi connectivity index (χ1) is 24.8. The minimum atomic E-state index is -0.602. The largest absolute Gasteiger partial charge is 0.508 e. The summed E-state index contributed by atoms with van der Waals surface area (Å²) in [6.45, 7) is 18.9. The molecule has 3 N–H and O–H groups in total. The highest BCUT2D eigenvalue weighted by Crippen LogP contribution is 2.76. The Balaban J connectivity index is 1.06. The van der Waals surface area contributed by atoms with Gasteiger partial charge in [-0.2, -0.15) is 5.26 Å². The number of ether oxygens (including phenoxy) is 2. The number of carbonyl (C=O) groups is 1. The van der Waals surface area contributed by atoms with Gasteiger partial charge in [0.1, 0.15) is 23.5 Å². The zero-order valence-electron chi connectivity index (χ0n) is 32.9. The number of fused-ring (bicyclic) bond motifs is 5. The van der Waals surface area contributed by atoms with Crippen molar-refractivity contribution in [1.82, 2.24) is 9.97 Å². The van der Waals surface area contributed by atoms with Crippen LogP contribution in [0.2, 0.25) is 0 Å². The van der Waals surface area contributed by atoms with Crippen molar-refractivity contribution < 1.29 is 24.5 Å². The van der Waals surface area contributed by atoms with E-state index < -0.39 is 5.56 Å². The highest BCUT2D eigenvalue weighted by atomic mass is 32.2. The Hall–Kier alpha value is -2.87. The van der Waals surface area contributed by atoms with Gasteiger partial charge in [-0.25, -0.2) is 4.98 Å². The molecule has 1 aliphatic heterocycles. The summed E-state index contributed by atoms with van der Waals surface area (Å²) < 4.78 is 13.2. The molecule has 0 spiro atoms. The molecule has 2 aromatic rings. The van der Waals surface area contributed by atoms with E-state index in [1.807, 2.05) is 6.07 Å². The molecule has 5 fully saturated rings. The molecule has 1 saturated heterocycles. The molecule has 10 atom stereocenters. The van der Waals surface area contributed by atoms with Crippen LogP contribution >= 0.6 is 11.8 Å². The van der Waals surface area contributed by atoms with Gasteiger partial charge < -0.3 is 24.7 Å². The van der Waals surface area contributed by atoms with Crippen LogP contribution in [-0.2, 0) is 14.3 Å². The molecule has 4 aliphatic carbocycles. The number of benzene rings is 1. The molecule has 0 bridgehead atoms. The van der Waals surface area contributed by atoms with Gasteiger partial charge in [-0.1, -0.05) is 58.5 Å². The summed E-state index contributed by atoms with van der Waals surface area (Å²) in [6, 6.07) is 8.15. The minimum absolute atomic E-state index is 0.00258. The number of esters is 1. The van der Waals surface area contributed by atoms with E-state index >= 15 is 0 Å². The number of hydrogen-bond acceptors (Lipinski definition) is 9. The molecule has 0 amide bonds. The van der Waals surface area contributed by atoms with Gasteiger partial charge in [-0.05, 0) is 137 Å². The van der Waals surface area contributed by atoms with Crippen molar-refractivity contribution in [2.75, 3.05) is 5.75 Å². The average Bonchev–Trinajstić information content (AvgIpc) is 3.46. The van der Waals surface area contributed by atoms with Gasteiger partial charge in [0, 0.05) is 11.0 Å². The second-order valence-electron chi connectivity index (χ2n) is 19.4. The number of aromatic amines is 1. The van der Waals surface area contributed by atoms with E-state index in [1.54, 1.807) is 12.1 Å². The number of aromatic hydroxyl groups is 1. The predicted octanol–water partition coefficient (Wildman–Crippen LogP) is 8.41. The molecule has 4 saturated carbocycles. The van der Waals surface area contributed by atoms with Crippen LogP contribution in [0.15, 0.2) is 34.2 Å². The number of thioether (sulfide) groups is 1. The van der Waals surface area contributed by atoms with E-state index in [0.29, 0.717) is 23.3 Å².